The summed E-state index contributed by atoms with van der Waals surface area (Å²) in [7, 11) is 1.59. The van der Waals surface area contributed by atoms with Crippen molar-refractivity contribution in [2.45, 2.75) is 26.4 Å². The number of ether oxygens (including phenoxy) is 3. The predicted molar refractivity (Wildman–Crippen MR) is 98.5 cm³/mol. The summed E-state index contributed by atoms with van der Waals surface area (Å²) in [4.78, 5) is 14.2. The second-order valence-electron chi connectivity index (χ2n) is 5.55. The zero-order chi connectivity index (χ0) is 18.1. The van der Waals surface area contributed by atoms with Gasteiger partial charge in [0, 0.05) is 12.2 Å². The zero-order valence-corrected chi connectivity index (χ0v) is 15.0. The van der Waals surface area contributed by atoms with Gasteiger partial charge in [-0.15, -0.1) is 0 Å². The lowest BCUT2D eigenvalue weighted by molar-refractivity contribution is 0.0594. The van der Waals surface area contributed by atoms with Crippen LogP contribution in [0.2, 0.25) is 0 Å². The van der Waals surface area contributed by atoms with Crippen molar-refractivity contribution in [3.63, 3.8) is 0 Å². The first kappa shape index (κ1) is 18.6. The summed E-state index contributed by atoms with van der Waals surface area (Å²) in [6.07, 6.45) is -0.229. The molecule has 2 rings (SSSR count). The lowest BCUT2D eigenvalue weighted by Gasteiger charge is -2.27. The summed E-state index contributed by atoms with van der Waals surface area (Å²) in [5.74, 6) is 1.13. The van der Waals surface area contributed by atoms with Gasteiger partial charge in [-0.1, -0.05) is 25.1 Å². The van der Waals surface area contributed by atoms with E-state index in [1.165, 1.54) is 0 Å². The Labute approximate surface area is 149 Å². The molecule has 25 heavy (non-hydrogen) atoms. The fraction of sp³-hybridized carbons (Fsp3) is 0.350. The average molecular weight is 343 g/mol. The first-order valence-corrected chi connectivity index (χ1v) is 8.48. The topological polar surface area (TPSA) is 48.0 Å². The summed E-state index contributed by atoms with van der Waals surface area (Å²) in [6, 6.07) is 16.9. The van der Waals surface area contributed by atoms with E-state index in [4.69, 9.17) is 14.2 Å². The molecule has 2 aromatic rings. The van der Waals surface area contributed by atoms with Gasteiger partial charge in [-0.2, -0.15) is 0 Å². The molecule has 134 valence electrons. The molecular formula is C20H25NO4. The number of carbonyl (C=O) groups excluding carboxylic acids is 1. The first-order valence-electron chi connectivity index (χ1n) is 8.48. The van der Waals surface area contributed by atoms with Crippen molar-refractivity contribution in [2.24, 2.45) is 0 Å². The van der Waals surface area contributed by atoms with E-state index in [1.54, 1.807) is 31.4 Å². The van der Waals surface area contributed by atoms with Crippen LogP contribution in [0.4, 0.5) is 10.5 Å². The summed E-state index contributed by atoms with van der Waals surface area (Å²) < 4.78 is 15.8. The largest absolute Gasteiger partial charge is 0.514 e. The van der Waals surface area contributed by atoms with E-state index in [-0.39, 0.29) is 6.10 Å². The molecule has 1 unspecified atom stereocenters. The molecule has 0 aliphatic carbocycles. The maximum atomic E-state index is 12.0. The third-order valence-corrected chi connectivity index (χ3v) is 3.91. The number of benzene rings is 2. The van der Waals surface area contributed by atoms with Gasteiger partial charge in [0.25, 0.3) is 0 Å². The third kappa shape index (κ3) is 5.71. The molecule has 0 heterocycles. The Morgan fingerprint density at radius 1 is 1.00 bits per heavy atom. The second-order valence-corrected chi connectivity index (χ2v) is 5.55. The molecule has 0 bridgehead atoms. The molecule has 0 N–H and O–H groups in total. The molecule has 5 nitrogen and oxygen atoms in total. The summed E-state index contributed by atoms with van der Waals surface area (Å²) in [5.41, 5.74) is 1.11. The molecule has 0 spiro atoms. The summed E-state index contributed by atoms with van der Waals surface area (Å²) >= 11 is 0. The molecule has 5 heteroatoms. The normalized spacial score (nSPS) is 11.5. The Bertz CT molecular complexity index is 643. The van der Waals surface area contributed by atoms with Crippen LogP contribution in [-0.4, -0.2) is 32.5 Å². The fourth-order valence-corrected chi connectivity index (χ4v) is 2.45. The molecule has 0 saturated carbocycles. The molecule has 0 saturated heterocycles. The molecule has 0 fully saturated rings. The van der Waals surface area contributed by atoms with Gasteiger partial charge in [0.05, 0.1) is 13.7 Å². The highest BCUT2D eigenvalue weighted by molar-refractivity contribution is 5.64. The van der Waals surface area contributed by atoms with Crippen molar-refractivity contribution in [2.75, 3.05) is 25.1 Å². The Morgan fingerprint density at radius 3 is 2.20 bits per heavy atom. The SMILES string of the molecule is CCC(CN(CC)c1ccccc1)OC(=O)Oc1ccc(OC)cc1. The number of likely N-dealkylation sites (N-methyl/N-ethyl adjacent to an activating group) is 1. The van der Waals surface area contributed by atoms with E-state index < -0.39 is 6.16 Å². The minimum Gasteiger partial charge on any atom is -0.497 e. The Hall–Kier alpha value is -2.69. The third-order valence-electron chi connectivity index (χ3n) is 3.91. The van der Waals surface area contributed by atoms with Crippen LogP contribution in [0.15, 0.2) is 54.6 Å². The number of hydrogen-bond donors (Lipinski definition) is 0. The number of rotatable bonds is 8. The van der Waals surface area contributed by atoms with Crippen LogP contribution in [0.1, 0.15) is 20.3 Å². The molecule has 0 aromatic heterocycles. The minimum absolute atomic E-state index is 0.245. The maximum Gasteiger partial charge on any atom is 0.514 e. The summed E-state index contributed by atoms with van der Waals surface area (Å²) in [6.45, 7) is 5.52. The van der Waals surface area contributed by atoms with E-state index in [9.17, 15) is 4.79 Å². The number of methoxy groups -OCH3 is 1. The quantitative estimate of drug-likeness (QED) is 0.521. The van der Waals surface area contributed by atoms with E-state index >= 15 is 0 Å². The van der Waals surface area contributed by atoms with Gasteiger partial charge >= 0.3 is 6.16 Å². The van der Waals surface area contributed by atoms with Gasteiger partial charge in [0.2, 0.25) is 0 Å². The molecule has 1 atom stereocenters. The average Bonchev–Trinajstić information content (AvgIpc) is 2.66. The molecular weight excluding hydrogens is 318 g/mol. The van der Waals surface area contributed by atoms with E-state index in [1.807, 2.05) is 37.3 Å². The van der Waals surface area contributed by atoms with Gasteiger partial charge < -0.3 is 19.1 Å². The Morgan fingerprint density at radius 2 is 1.64 bits per heavy atom. The molecule has 0 radical (unpaired) electrons. The minimum atomic E-state index is -0.693. The Balaban J connectivity index is 1.92. The van der Waals surface area contributed by atoms with Crippen LogP contribution < -0.4 is 14.4 Å². The number of para-hydroxylation sites is 1. The standard InChI is InChI=1S/C20H25NO4/c1-4-17(15-21(5-2)16-9-7-6-8-10-16)24-20(22)25-19-13-11-18(23-3)12-14-19/h6-14,17H,4-5,15H2,1-3H3. The molecule has 0 amide bonds. The van der Waals surface area contributed by atoms with Gasteiger partial charge in [-0.25, -0.2) is 4.79 Å². The number of nitrogens with zero attached hydrogens (tertiary/aromatic N) is 1. The van der Waals surface area contributed by atoms with Crippen molar-refractivity contribution < 1.29 is 19.0 Å². The number of carbonyl (C=O) groups is 1. The van der Waals surface area contributed by atoms with Crippen LogP contribution in [-0.2, 0) is 4.74 Å². The second kappa shape index (κ2) is 9.57. The zero-order valence-electron chi connectivity index (χ0n) is 15.0. The highest BCUT2D eigenvalue weighted by atomic mass is 16.7. The van der Waals surface area contributed by atoms with Crippen molar-refractivity contribution in [3.05, 3.63) is 54.6 Å². The monoisotopic (exact) mass is 343 g/mol. The van der Waals surface area contributed by atoms with E-state index in [0.717, 1.165) is 12.2 Å². The van der Waals surface area contributed by atoms with Crippen LogP contribution in [0, 0.1) is 0 Å². The van der Waals surface area contributed by atoms with Crippen molar-refractivity contribution >= 4 is 11.8 Å². The lowest BCUT2D eigenvalue weighted by atomic mass is 10.2. The number of anilines is 1. The highest BCUT2D eigenvalue weighted by Gasteiger charge is 2.18. The summed E-state index contributed by atoms with van der Waals surface area (Å²) in [5, 5.41) is 0. The first-order chi connectivity index (χ1) is 12.2. The molecule has 0 aliphatic heterocycles. The van der Waals surface area contributed by atoms with Crippen LogP contribution in [0.3, 0.4) is 0 Å². The Kier molecular flexibility index (Phi) is 7.14. The van der Waals surface area contributed by atoms with Crippen LogP contribution in [0.25, 0.3) is 0 Å². The molecule has 0 aliphatic rings. The van der Waals surface area contributed by atoms with Gasteiger partial charge in [0.1, 0.15) is 17.6 Å². The fourth-order valence-electron chi connectivity index (χ4n) is 2.45. The van der Waals surface area contributed by atoms with Gasteiger partial charge in [0.15, 0.2) is 0 Å². The van der Waals surface area contributed by atoms with Crippen molar-refractivity contribution in [3.8, 4) is 11.5 Å². The van der Waals surface area contributed by atoms with Gasteiger partial charge in [-0.3, -0.25) is 0 Å². The molecule has 2 aromatic carbocycles. The van der Waals surface area contributed by atoms with Crippen LogP contribution in [0.5, 0.6) is 11.5 Å². The number of hydrogen-bond acceptors (Lipinski definition) is 5. The van der Waals surface area contributed by atoms with E-state index in [0.29, 0.717) is 24.5 Å². The predicted octanol–water partition coefficient (Wildman–Crippen LogP) is 4.52. The van der Waals surface area contributed by atoms with Crippen LogP contribution >= 0.6 is 0 Å². The van der Waals surface area contributed by atoms with Crippen molar-refractivity contribution in [1.29, 1.82) is 0 Å². The van der Waals surface area contributed by atoms with E-state index in [2.05, 4.69) is 11.8 Å². The smallest absolute Gasteiger partial charge is 0.497 e. The van der Waals surface area contributed by atoms with Gasteiger partial charge in [-0.05, 0) is 49.7 Å². The lowest BCUT2D eigenvalue weighted by Crippen LogP contribution is -2.35. The van der Waals surface area contributed by atoms with Crippen molar-refractivity contribution in [1.82, 2.24) is 0 Å². The maximum absolute atomic E-state index is 12.0. The highest BCUT2D eigenvalue weighted by Crippen LogP contribution is 2.19.